The summed E-state index contributed by atoms with van der Waals surface area (Å²) in [7, 11) is -2.38. The topological polar surface area (TPSA) is 105 Å². The van der Waals surface area contributed by atoms with Crippen LogP contribution in [0.4, 0.5) is 0 Å². The van der Waals surface area contributed by atoms with Gasteiger partial charge in [0, 0.05) is 19.2 Å². The zero-order chi connectivity index (χ0) is 18.8. The molecule has 0 aromatic heterocycles. The molecule has 25 heavy (non-hydrogen) atoms. The number of amidine groups is 1. The van der Waals surface area contributed by atoms with Gasteiger partial charge in [0.25, 0.3) is 0 Å². The first-order valence-electron chi connectivity index (χ1n) is 7.66. The normalized spacial score (nSPS) is 24.1. The molecule has 7 nitrogen and oxygen atoms in total. The minimum Gasteiger partial charge on any atom is -0.380 e. The molecule has 1 saturated heterocycles. The van der Waals surface area contributed by atoms with Gasteiger partial charge in [-0.25, -0.2) is 13.6 Å². The lowest BCUT2D eigenvalue weighted by Crippen LogP contribution is -2.45. The largest absolute Gasteiger partial charge is 0.380 e. The molecule has 3 N–H and O–H groups in total. The molecule has 140 valence electrons. The van der Waals surface area contributed by atoms with Crippen molar-refractivity contribution in [3.8, 4) is 0 Å². The Labute approximate surface area is 157 Å². The van der Waals surface area contributed by atoms with Crippen molar-refractivity contribution in [1.29, 1.82) is 0 Å². The predicted octanol–water partition coefficient (Wildman–Crippen LogP) is 1.59. The molecule has 2 atom stereocenters. The van der Waals surface area contributed by atoms with Crippen molar-refractivity contribution >= 4 is 38.6 Å². The molecule has 0 bridgehead atoms. The standard InChI is InChI=1S/C15H22ClN3O4S2/c1-4-19-14(18-8-10(2)23-3)24-9-15(19,20)11-5-6-12(16)13(7-11)25(17,21)22/h5-7,10,20H,4,8-9H2,1-3H3,(H2,17,21,22). The van der Waals surface area contributed by atoms with E-state index in [4.69, 9.17) is 21.5 Å². The summed E-state index contributed by atoms with van der Waals surface area (Å²) in [4.78, 5) is 6.03. The third-order valence-electron chi connectivity index (χ3n) is 3.98. The summed E-state index contributed by atoms with van der Waals surface area (Å²) >= 11 is 7.34. The van der Waals surface area contributed by atoms with Crippen LogP contribution in [-0.4, -0.2) is 55.6 Å². The van der Waals surface area contributed by atoms with Gasteiger partial charge >= 0.3 is 0 Å². The average molecular weight is 408 g/mol. The number of primary sulfonamides is 1. The van der Waals surface area contributed by atoms with Crippen molar-refractivity contribution in [2.75, 3.05) is 26.0 Å². The number of nitrogens with zero attached hydrogens (tertiary/aromatic N) is 2. The fraction of sp³-hybridized carbons (Fsp3) is 0.533. The first-order chi connectivity index (χ1) is 11.6. The Morgan fingerprint density at radius 3 is 2.80 bits per heavy atom. The van der Waals surface area contributed by atoms with E-state index in [0.29, 0.717) is 29.6 Å². The Hall–Kier alpha value is -0.840. The van der Waals surface area contributed by atoms with Gasteiger partial charge < -0.3 is 14.7 Å². The number of aliphatic hydroxyl groups is 1. The van der Waals surface area contributed by atoms with Gasteiger partial charge in [0.05, 0.1) is 23.4 Å². The van der Waals surface area contributed by atoms with E-state index < -0.39 is 15.7 Å². The number of thioether (sulfide) groups is 1. The Morgan fingerprint density at radius 1 is 1.56 bits per heavy atom. The lowest BCUT2D eigenvalue weighted by atomic mass is 10.0. The van der Waals surface area contributed by atoms with E-state index in [2.05, 4.69) is 4.99 Å². The highest BCUT2D eigenvalue weighted by atomic mass is 35.5. The monoisotopic (exact) mass is 407 g/mol. The summed E-state index contributed by atoms with van der Waals surface area (Å²) < 4.78 is 28.6. The molecule has 0 radical (unpaired) electrons. The second-order valence-electron chi connectivity index (χ2n) is 5.71. The number of rotatable bonds is 6. The number of nitrogens with two attached hydrogens (primary N) is 1. The van der Waals surface area contributed by atoms with Crippen molar-refractivity contribution in [2.24, 2.45) is 10.1 Å². The highest BCUT2D eigenvalue weighted by molar-refractivity contribution is 8.14. The zero-order valence-corrected chi connectivity index (χ0v) is 16.7. The maximum atomic E-state index is 11.7. The Balaban J connectivity index is 2.41. The van der Waals surface area contributed by atoms with E-state index in [1.54, 1.807) is 18.1 Å². The molecular formula is C15H22ClN3O4S2. The van der Waals surface area contributed by atoms with Crippen LogP contribution >= 0.6 is 23.4 Å². The molecule has 0 aliphatic carbocycles. The first kappa shape index (κ1) is 20.5. The average Bonchev–Trinajstić information content (AvgIpc) is 2.88. The molecule has 1 fully saturated rings. The van der Waals surface area contributed by atoms with Crippen molar-refractivity contribution in [3.63, 3.8) is 0 Å². The Kier molecular flexibility index (Phi) is 6.40. The molecule has 1 aliphatic rings. The van der Waals surface area contributed by atoms with Gasteiger partial charge in [0.1, 0.15) is 4.90 Å². The molecule has 2 unspecified atom stereocenters. The van der Waals surface area contributed by atoms with Gasteiger partial charge in [-0.1, -0.05) is 29.4 Å². The molecular weight excluding hydrogens is 386 g/mol. The van der Waals surface area contributed by atoms with Gasteiger partial charge in [0.15, 0.2) is 10.9 Å². The van der Waals surface area contributed by atoms with E-state index in [-0.39, 0.29) is 16.0 Å². The maximum Gasteiger partial charge on any atom is 0.239 e. The van der Waals surface area contributed by atoms with E-state index in [0.717, 1.165) is 0 Å². The van der Waals surface area contributed by atoms with Gasteiger partial charge in [-0.2, -0.15) is 0 Å². The van der Waals surface area contributed by atoms with Crippen LogP contribution < -0.4 is 5.14 Å². The molecule has 1 aromatic carbocycles. The molecule has 2 rings (SSSR count). The molecule has 1 aromatic rings. The van der Waals surface area contributed by atoms with Gasteiger partial charge in [0.2, 0.25) is 10.0 Å². The van der Waals surface area contributed by atoms with Crippen LogP contribution in [0.25, 0.3) is 0 Å². The molecule has 0 amide bonds. The van der Waals surface area contributed by atoms with Crippen LogP contribution in [0.15, 0.2) is 28.1 Å². The van der Waals surface area contributed by atoms with Crippen LogP contribution in [0.2, 0.25) is 5.02 Å². The summed E-state index contributed by atoms with van der Waals surface area (Å²) in [5.74, 6) is 0.312. The zero-order valence-electron chi connectivity index (χ0n) is 14.3. The molecule has 1 aliphatic heterocycles. The number of hydrogen-bond donors (Lipinski definition) is 2. The minimum absolute atomic E-state index is 0.0198. The number of halogens is 1. The van der Waals surface area contributed by atoms with Crippen molar-refractivity contribution in [2.45, 2.75) is 30.6 Å². The first-order valence-corrected chi connectivity index (χ1v) is 10.6. The van der Waals surface area contributed by atoms with Gasteiger partial charge in [-0.05, 0) is 26.0 Å². The predicted molar refractivity (Wildman–Crippen MR) is 100 cm³/mol. The number of hydrogen-bond acceptors (Lipinski definition) is 6. The van der Waals surface area contributed by atoms with Gasteiger partial charge in [-0.3, -0.25) is 4.99 Å². The van der Waals surface area contributed by atoms with Crippen molar-refractivity contribution in [1.82, 2.24) is 4.90 Å². The van der Waals surface area contributed by atoms with E-state index >= 15 is 0 Å². The third-order valence-corrected chi connectivity index (χ3v) is 6.53. The molecule has 0 spiro atoms. The Bertz CT molecular complexity index is 772. The van der Waals surface area contributed by atoms with Gasteiger partial charge in [-0.15, -0.1) is 0 Å². The molecule has 0 saturated carbocycles. The summed E-state index contributed by atoms with van der Waals surface area (Å²) in [6, 6.07) is 4.35. The SMILES string of the molecule is CCN1C(=NCC(C)OC)SCC1(O)c1ccc(Cl)c(S(N)(=O)=O)c1. The summed E-state index contributed by atoms with van der Waals surface area (Å²) in [5, 5.41) is 17.1. The lowest BCUT2D eigenvalue weighted by Gasteiger charge is -2.34. The summed E-state index contributed by atoms with van der Waals surface area (Å²) in [6.45, 7) is 4.76. The second-order valence-corrected chi connectivity index (χ2v) is 8.59. The quantitative estimate of drug-likeness (QED) is 0.741. The number of benzene rings is 1. The fourth-order valence-electron chi connectivity index (χ4n) is 2.50. The molecule has 10 heteroatoms. The van der Waals surface area contributed by atoms with Crippen LogP contribution in [0.3, 0.4) is 0 Å². The van der Waals surface area contributed by atoms with E-state index in [9.17, 15) is 13.5 Å². The van der Waals surface area contributed by atoms with E-state index in [1.807, 2.05) is 13.8 Å². The van der Waals surface area contributed by atoms with Crippen LogP contribution in [0, 0.1) is 0 Å². The van der Waals surface area contributed by atoms with Crippen molar-refractivity contribution < 1.29 is 18.3 Å². The smallest absolute Gasteiger partial charge is 0.239 e. The number of ether oxygens (including phenoxy) is 1. The minimum atomic E-state index is -3.99. The highest BCUT2D eigenvalue weighted by Gasteiger charge is 2.44. The number of aliphatic imine (C=N–C) groups is 1. The third kappa shape index (κ3) is 4.29. The van der Waals surface area contributed by atoms with Crippen molar-refractivity contribution in [3.05, 3.63) is 28.8 Å². The number of methoxy groups -OCH3 is 1. The number of sulfonamides is 1. The van der Waals surface area contributed by atoms with E-state index in [1.165, 1.54) is 23.9 Å². The summed E-state index contributed by atoms with van der Waals surface area (Å²) in [6.07, 6.45) is -0.0370. The van der Waals surface area contributed by atoms with Crippen LogP contribution in [0.1, 0.15) is 19.4 Å². The maximum absolute atomic E-state index is 11.7. The summed E-state index contributed by atoms with van der Waals surface area (Å²) in [5.41, 5.74) is -0.987. The van der Waals surface area contributed by atoms with Crippen LogP contribution in [0.5, 0.6) is 0 Å². The highest BCUT2D eigenvalue weighted by Crippen LogP contribution is 2.40. The molecule has 1 heterocycles. The van der Waals surface area contributed by atoms with Crippen LogP contribution in [-0.2, 0) is 20.5 Å². The Morgan fingerprint density at radius 2 is 2.24 bits per heavy atom. The fourth-order valence-corrected chi connectivity index (χ4v) is 4.82. The second kappa shape index (κ2) is 7.81. The lowest BCUT2D eigenvalue weighted by molar-refractivity contribution is -0.0456.